The molecule has 1 N–H and O–H groups in total. The first kappa shape index (κ1) is 23.5. The second kappa shape index (κ2) is 10.5. The fourth-order valence-electron chi connectivity index (χ4n) is 3.71. The molecular weight excluding hydrogens is 455 g/mol. The molecular formula is C26H27O5PS. The molecule has 0 saturated heterocycles. The van der Waals surface area contributed by atoms with Gasteiger partial charge in [0.25, 0.3) is 0 Å². The van der Waals surface area contributed by atoms with E-state index in [1.807, 2.05) is 54.6 Å². The lowest BCUT2D eigenvalue weighted by molar-refractivity contribution is 0.276. The van der Waals surface area contributed by atoms with E-state index in [1.54, 1.807) is 25.3 Å². The maximum atomic E-state index is 13.2. The molecule has 3 aromatic rings. The molecule has 1 aliphatic heterocycles. The van der Waals surface area contributed by atoms with Gasteiger partial charge in [0.15, 0.2) is 0 Å². The van der Waals surface area contributed by atoms with Crippen molar-refractivity contribution in [3.05, 3.63) is 83.4 Å². The third kappa shape index (κ3) is 5.64. The lowest BCUT2D eigenvalue weighted by atomic mass is 10.1. The first-order chi connectivity index (χ1) is 16.0. The Bertz CT molecular complexity index is 1210. The van der Waals surface area contributed by atoms with Crippen molar-refractivity contribution in [3.8, 4) is 11.5 Å². The van der Waals surface area contributed by atoms with E-state index in [4.69, 9.17) is 13.8 Å². The summed E-state index contributed by atoms with van der Waals surface area (Å²) in [6.45, 7) is 2.14. The summed E-state index contributed by atoms with van der Waals surface area (Å²) in [6.07, 6.45) is 5.72. The Labute approximate surface area is 199 Å². The number of ether oxygens (including phenoxy) is 1. The van der Waals surface area contributed by atoms with Gasteiger partial charge in [0.2, 0.25) is 0 Å². The summed E-state index contributed by atoms with van der Waals surface area (Å²) < 4.78 is 30.0. The number of benzene rings is 3. The third-order valence-corrected chi connectivity index (χ3v) is 7.40. The van der Waals surface area contributed by atoms with Crippen LogP contribution in [0.25, 0.3) is 11.8 Å². The standard InChI is InChI=1S/C26H27O5PS/c1-3-4-5-11-19-12-6-8-15-22(19)30-32(27,28)31-24-18-20-13-7-9-17-25(20)33-26-21(24)14-10-16-23(26)29-2/h6-10,12-18H,3-5,11H2,1-2H3,(H,27,28). The number of hydrogen-bond acceptors (Lipinski definition) is 5. The predicted octanol–water partition coefficient (Wildman–Crippen LogP) is 7.59. The van der Waals surface area contributed by atoms with E-state index in [1.165, 1.54) is 11.8 Å². The molecule has 3 aromatic carbocycles. The molecule has 0 aliphatic carbocycles. The van der Waals surface area contributed by atoms with Crippen molar-refractivity contribution in [1.82, 2.24) is 0 Å². The molecule has 5 nitrogen and oxygen atoms in total. The molecule has 172 valence electrons. The first-order valence-electron chi connectivity index (χ1n) is 11.0. The second-order valence-electron chi connectivity index (χ2n) is 7.70. The van der Waals surface area contributed by atoms with Crippen molar-refractivity contribution in [3.63, 3.8) is 0 Å². The highest BCUT2D eigenvalue weighted by molar-refractivity contribution is 7.99. The lowest BCUT2D eigenvalue weighted by Crippen LogP contribution is -2.01. The van der Waals surface area contributed by atoms with Gasteiger partial charge in [0.1, 0.15) is 17.3 Å². The van der Waals surface area contributed by atoms with Gasteiger partial charge in [-0.3, -0.25) is 4.89 Å². The smallest absolute Gasteiger partial charge is 0.496 e. The van der Waals surface area contributed by atoms with Crippen LogP contribution in [0.2, 0.25) is 0 Å². The summed E-state index contributed by atoms with van der Waals surface area (Å²) in [4.78, 5) is 12.6. The predicted molar refractivity (Wildman–Crippen MR) is 133 cm³/mol. The maximum Gasteiger partial charge on any atom is 0.584 e. The Hall–Kier alpha value is -2.66. The zero-order chi connectivity index (χ0) is 23.3. The Morgan fingerprint density at radius 3 is 2.48 bits per heavy atom. The van der Waals surface area contributed by atoms with Crippen molar-refractivity contribution in [2.75, 3.05) is 7.11 Å². The Morgan fingerprint density at radius 1 is 0.909 bits per heavy atom. The zero-order valence-electron chi connectivity index (χ0n) is 18.7. The molecule has 1 aliphatic rings. The summed E-state index contributed by atoms with van der Waals surface area (Å²) in [5.74, 6) is 1.30. The van der Waals surface area contributed by atoms with Crippen LogP contribution in [-0.2, 0) is 15.5 Å². The Balaban J connectivity index is 1.67. The number of phosphoric ester groups is 1. The van der Waals surface area contributed by atoms with E-state index in [-0.39, 0.29) is 5.76 Å². The van der Waals surface area contributed by atoms with E-state index in [9.17, 15) is 9.46 Å². The molecule has 33 heavy (non-hydrogen) atoms. The number of fused-ring (bicyclic) bond motifs is 2. The minimum Gasteiger partial charge on any atom is -0.496 e. The summed E-state index contributed by atoms with van der Waals surface area (Å²) in [6, 6.07) is 20.7. The van der Waals surface area contributed by atoms with E-state index in [0.717, 1.165) is 46.6 Å². The highest BCUT2D eigenvalue weighted by Crippen LogP contribution is 2.53. The molecule has 1 atom stereocenters. The lowest BCUT2D eigenvalue weighted by Gasteiger charge is -2.19. The van der Waals surface area contributed by atoms with Crippen LogP contribution in [0, 0.1) is 0 Å². The minimum absolute atomic E-state index is 0.260. The highest BCUT2D eigenvalue weighted by Gasteiger charge is 2.30. The number of aryl methyl sites for hydroxylation is 1. The molecule has 0 radical (unpaired) electrons. The molecule has 1 heterocycles. The van der Waals surface area contributed by atoms with Gasteiger partial charge in [-0.2, -0.15) is 0 Å². The Kier molecular flexibility index (Phi) is 7.49. The van der Waals surface area contributed by atoms with Crippen LogP contribution in [-0.4, -0.2) is 12.0 Å². The highest BCUT2D eigenvalue weighted by atomic mass is 32.2. The fourth-order valence-corrected chi connectivity index (χ4v) is 5.71. The van der Waals surface area contributed by atoms with E-state index >= 15 is 0 Å². The van der Waals surface area contributed by atoms with Gasteiger partial charge < -0.3 is 13.8 Å². The van der Waals surface area contributed by atoms with Crippen molar-refractivity contribution >= 4 is 31.4 Å². The molecule has 0 fully saturated rings. The number of unbranched alkanes of at least 4 members (excludes halogenated alkanes) is 2. The molecule has 0 amide bonds. The summed E-state index contributed by atoms with van der Waals surface area (Å²) in [7, 11) is -2.87. The fraction of sp³-hybridized carbons (Fsp3) is 0.231. The average Bonchev–Trinajstić information content (AvgIpc) is 2.96. The van der Waals surface area contributed by atoms with Crippen LogP contribution < -0.4 is 9.26 Å². The van der Waals surface area contributed by atoms with Gasteiger partial charge in [-0.25, -0.2) is 4.57 Å². The first-order valence-corrected chi connectivity index (χ1v) is 13.3. The van der Waals surface area contributed by atoms with Crippen LogP contribution >= 0.6 is 19.6 Å². The quantitative estimate of drug-likeness (QED) is 0.250. The van der Waals surface area contributed by atoms with Crippen LogP contribution in [0.4, 0.5) is 0 Å². The molecule has 1 unspecified atom stereocenters. The van der Waals surface area contributed by atoms with Crippen LogP contribution in [0.1, 0.15) is 42.9 Å². The minimum atomic E-state index is -4.48. The number of phosphoric acid groups is 1. The normalized spacial score (nSPS) is 14.2. The molecule has 4 rings (SSSR count). The van der Waals surface area contributed by atoms with Gasteiger partial charge in [0, 0.05) is 10.5 Å². The Morgan fingerprint density at radius 2 is 1.67 bits per heavy atom. The van der Waals surface area contributed by atoms with Gasteiger partial charge in [-0.05, 0) is 54.3 Å². The van der Waals surface area contributed by atoms with Gasteiger partial charge >= 0.3 is 7.82 Å². The number of hydrogen-bond donors (Lipinski definition) is 1. The molecule has 7 heteroatoms. The number of rotatable bonds is 9. The largest absolute Gasteiger partial charge is 0.584 e. The van der Waals surface area contributed by atoms with Crippen molar-refractivity contribution in [1.29, 1.82) is 0 Å². The summed E-state index contributed by atoms with van der Waals surface area (Å²) in [5.41, 5.74) is 2.45. The van der Waals surface area contributed by atoms with Crippen LogP contribution in [0.3, 0.4) is 0 Å². The van der Waals surface area contributed by atoms with E-state index in [0.29, 0.717) is 17.1 Å². The van der Waals surface area contributed by atoms with Crippen molar-refractivity contribution in [2.45, 2.75) is 42.4 Å². The van der Waals surface area contributed by atoms with Gasteiger partial charge in [-0.15, -0.1) is 0 Å². The van der Waals surface area contributed by atoms with Gasteiger partial charge in [0.05, 0.1) is 12.0 Å². The van der Waals surface area contributed by atoms with Crippen LogP contribution in [0.15, 0.2) is 76.5 Å². The number of para-hydroxylation sites is 1. The molecule has 0 saturated carbocycles. The number of methoxy groups -OCH3 is 1. The van der Waals surface area contributed by atoms with E-state index in [2.05, 4.69) is 6.92 Å². The SMILES string of the molecule is CCCCCc1ccccc1OP(=O)(O)OC1=Cc2ccccc2Sc2c(OC)cccc21. The average molecular weight is 483 g/mol. The summed E-state index contributed by atoms with van der Waals surface area (Å²) >= 11 is 1.53. The molecule has 0 aromatic heterocycles. The molecule has 0 bridgehead atoms. The van der Waals surface area contributed by atoms with Crippen LogP contribution in [0.5, 0.6) is 11.5 Å². The third-order valence-electron chi connectivity index (χ3n) is 5.33. The van der Waals surface area contributed by atoms with Crippen molar-refractivity contribution in [2.24, 2.45) is 0 Å². The van der Waals surface area contributed by atoms with Gasteiger partial charge in [-0.1, -0.05) is 74.0 Å². The maximum absolute atomic E-state index is 13.2. The zero-order valence-corrected chi connectivity index (χ0v) is 20.4. The topological polar surface area (TPSA) is 65.0 Å². The summed E-state index contributed by atoms with van der Waals surface area (Å²) in [5, 5.41) is 0. The monoisotopic (exact) mass is 482 g/mol. The second-order valence-corrected chi connectivity index (χ2v) is 10.1. The molecule has 0 spiro atoms. The van der Waals surface area contributed by atoms with E-state index < -0.39 is 7.82 Å². The van der Waals surface area contributed by atoms with Crippen molar-refractivity contribution < 1.29 is 23.2 Å².